The van der Waals surface area contributed by atoms with E-state index in [1.54, 1.807) is 50.2 Å². The Labute approximate surface area is 328 Å². The Hall–Kier alpha value is -5.47. The van der Waals surface area contributed by atoms with E-state index in [1.165, 1.54) is 42.8 Å². The number of esters is 1. The number of amides is 6. The first kappa shape index (κ1) is 43.3. The molecule has 7 atom stereocenters. The number of phenolic OH excluding ortho intramolecular Hbond substituents is 1. The molecule has 0 unspecified atom stereocenters. The molecule has 0 aliphatic carbocycles. The van der Waals surface area contributed by atoms with E-state index in [4.69, 9.17) is 4.74 Å². The molecule has 2 fully saturated rings. The zero-order valence-corrected chi connectivity index (χ0v) is 33.2. The number of likely N-dealkylation sites (N-methyl/N-ethyl adjacent to an activating group) is 1. The maximum Gasteiger partial charge on any atom is 0.329 e. The van der Waals surface area contributed by atoms with Crippen molar-refractivity contribution in [2.75, 3.05) is 13.6 Å². The molecule has 0 saturated carbocycles. The van der Waals surface area contributed by atoms with Crippen LogP contribution in [0.5, 0.6) is 5.75 Å². The third kappa shape index (κ3) is 11.3. The van der Waals surface area contributed by atoms with Gasteiger partial charge < -0.3 is 40.9 Å². The van der Waals surface area contributed by atoms with Crippen LogP contribution < -0.4 is 21.3 Å². The second-order valence-corrected chi connectivity index (χ2v) is 15.5. The molecule has 15 heteroatoms. The summed E-state index contributed by atoms with van der Waals surface area (Å²) >= 11 is 0. The predicted octanol–water partition coefficient (Wildman–Crippen LogP) is 1.60. The molecule has 6 amide bonds. The summed E-state index contributed by atoms with van der Waals surface area (Å²) in [5, 5.41) is 20.8. The van der Waals surface area contributed by atoms with E-state index in [0.717, 1.165) is 5.56 Å². The van der Waals surface area contributed by atoms with Crippen LogP contribution >= 0.6 is 0 Å². The Morgan fingerprint density at radius 1 is 0.839 bits per heavy atom. The van der Waals surface area contributed by atoms with Gasteiger partial charge in [0.15, 0.2) is 0 Å². The summed E-state index contributed by atoms with van der Waals surface area (Å²) in [6.45, 7) is 10.1. The Bertz CT molecular complexity index is 1730. The molecule has 2 aliphatic heterocycles. The molecule has 0 spiro atoms. The number of phenols is 1. The zero-order chi connectivity index (χ0) is 41.3. The minimum Gasteiger partial charge on any atom is -0.508 e. The van der Waals surface area contributed by atoms with Gasteiger partial charge in [-0.15, -0.1) is 0 Å². The monoisotopic (exact) mass is 776 g/mol. The Morgan fingerprint density at radius 3 is 2.07 bits per heavy atom. The summed E-state index contributed by atoms with van der Waals surface area (Å²) in [4.78, 5) is 100. The van der Waals surface area contributed by atoms with Gasteiger partial charge in [0.2, 0.25) is 35.4 Å². The Morgan fingerprint density at radius 2 is 1.46 bits per heavy atom. The lowest BCUT2D eigenvalue weighted by Gasteiger charge is -2.34. The van der Waals surface area contributed by atoms with Gasteiger partial charge in [0.25, 0.3) is 0 Å². The van der Waals surface area contributed by atoms with E-state index in [1.807, 2.05) is 19.9 Å². The SMILES string of the molecule is CC(=O)N[C@@H]1C(=O)N[C@H](C(C)C)C(=O)N2CCC[C@H]2C(=O)N[C@@H](CC(C)C)C(=O)N(C)[C@@H](Cc2ccccc2)C(=O)N[C@@H](Cc2ccc(O)cc2)C(=O)O[C@@H]1C. The molecule has 0 radical (unpaired) electrons. The minimum absolute atomic E-state index is 0.0108. The van der Waals surface area contributed by atoms with E-state index in [9.17, 15) is 38.7 Å². The van der Waals surface area contributed by atoms with Crippen molar-refractivity contribution in [2.45, 2.75) is 116 Å². The van der Waals surface area contributed by atoms with Crippen molar-refractivity contribution in [1.82, 2.24) is 31.1 Å². The van der Waals surface area contributed by atoms with Crippen molar-refractivity contribution in [1.29, 1.82) is 0 Å². The van der Waals surface area contributed by atoms with Crippen LogP contribution in [0.4, 0.5) is 0 Å². The topological polar surface area (TPSA) is 204 Å². The average molecular weight is 777 g/mol. The third-order valence-corrected chi connectivity index (χ3v) is 10.2. The van der Waals surface area contributed by atoms with Gasteiger partial charge in [-0.1, -0.05) is 70.2 Å². The number of nitrogens with zero attached hydrogens (tertiary/aromatic N) is 2. The Balaban J connectivity index is 1.83. The van der Waals surface area contributed by atoms with Gasteiger partial charge in [0, 0.05) is 33.4 Å². The van der Waals surface area contributed by atoms with Crippen LogP contribution in [-0.2, 0) is 51.1 Å². The molecule has 2 heterocycles. The molecule has 304 valence electrons. The smallest absolute Gasteiger partial charge is 0.329 e. The van der Waals surface area contributed by atoms with Crippen molar-refractivity contribution < 1.29 is 43.4 Å². The fourth-order valence-corrected chi connectivity index (χ4v) is 7.12. The highest BCUT2D eigenvalue weighted by atomic mass is 16.5. The van der Waals surface area contributed by atoms with Gasteiger partial charge in [-0.3, -0.25) is 28.8 Å². The Kier molecular flexibility index (Phi) is 15.0. The number of nitrogens with one attached hydrogen (secondary N) is 4. The molecular weight excluding hydrogens is 720 g/mol. The highest BCUT2D eigenvalue weighted by Crippen LogP contribution is 2.23. The number of aromatic hydroxyl groups is 1. The van der Waals surface area contributed by atoms with Gasteiger partial charge in [-0.25, -0.2) is 4.79 Å². The average Bonchev–Trinajstić information content (AvgIpc) is 3.64. The number of benzene rings is 2. The van der Waals surface area contributed by atoms with E-state index in [2.05, 4.69) is 21.3 Å². The number of cyclic esters (lactones) is 1. The normalized spacial score (nSPS) is 26.1. The third-order valence-electron chi connectivity index (χ3n) is 10.2. The summed E-state index contributed by atoms with van der Waals surface area (Å²) in [6.07, 6.45) is -0.256. The number of hydrogen-bond acceptors (Lipinski definition) is 9. The van der Waals surface area contributed by atoms with Crippen LogP contribution in [0.2, 0.25) is 0 Å². The van der Waals surface area contributed by atoms with E-state index >= 15 is 0 Å². The van der Waals surface area contributed by atoms with Crippen molar-refractivity contribution in [2.24, 2.45) is 11.8 Å². The molecule has 15 nitrogen and oxygen atoms in total. The lowest BCUT2D eigenvalue weighted by Crippen LogP contribution is -2.61. The highest BCUT2D eigenvalue weighted by Gasteiger charge is 2.43. The van der Waals surface area contributed by atoms with Gasteiger partial charge >= 0.3 is 5.97 Å². The van der Waals surface area contributed by atoms with Gasteiger partial charge in [-0.05, 0) is 61.3 Å². The van der Waals surface area contributed by atoms with Crippen LogP contribution in [0, 0.1) is 11.8 Å². The predicted molar refractivity (Wildman–Crippen MR) is 206 cm³/mol. The lowest BCUT2D eigenvalue weighted by atomic mass is 9.98. The molecule has 2 saturated heterocycles. The molecule has 0 bridgehead atoms. The summed E-state index contributed by atoms with van der Waals surface area (Å²) in [5.41, 5.74) is 1.28. The van der Waals surface area contributed by atoms with Crippen molar-refractivity contribution in [3.05, 3.63) is 65.7 Å². The second-order valence-electron chi connectivity index (χ2n) is 15.5. The minimum atomic E-state index is -1.44. The highest BCUT2D eigenvalue weighted by molar-refractivity contribution is 5.97. The molecule has 2 aromatic carbocycles. The number of ether oxygens (including phenoxy) is 1. The van der Waals surface area contributed by atoms with Gasteiger partial charge in [-0.2, -0.15) is 0 Å². The number of carbonyl (C=O) groups excluding carboxylic acids is 7. The van der Waals surface area contributed by atoms with Crippen LogP contribution in [0.3, 0.4) is 0 Å². The van der Waals surface area contributed by atoms with Crippen molar-refractivity contribution in [3.63, 3.8) is 0 Å². The number of hydrogen-bond donors (Lipinski definition) is 5. The summed E-state index contributed by atoms with van der Waals surface area (Å²) in [6, 6.07) is 7.96. The van der Waals surface area contributed by atoms with Crippen LogP contribution in [0.15, 0.2) is 54.6 Å². The second kappa shape index (κ2) is 19.4. The van der Waals surface area contributed by atoms with Gasteiger partial charge in [0.1, 0.15) is 48.1 Å². The quantitative estimate of drug-likeness (QED) is 0.247. The molecule has 2 aromatic rings. The van der Waals surface area contributed by atoms with E-state index in [-0.39, 0.29) is 37.5 Å². The largest absolute Gasteiger partial charge is 0.508 e. The molecule has 56 heavy (non-hydrogen) atoms. The number of fused-ring (bicyclic) bond motifs is 1. The van der Waals surface area contributed by atoms with Gasteiger partial charge in [0.05, 0.1) is 0 Å². The van der Waals surface area contributed by atoms with Crippen molar-refractivity contribution >= 4 is 41.4 Å². The molecular formula is C41H56N6O9. The first-order valence-electron chi connectivity index (χ1n) is 19.2. The first-order chi connectivity index (χ1) is 26.5. The maximum absolute atomic E-state index is 14.4. The molecule has 4 rings (SSSR count). The van der Waals surface area contributed by atoms with Crippen molar-refractivity contribution in [3.8, 4) is 5.75 Å². The standard InChI is InChI=1S/C41H56N6O9/c1-23(2)20-30-39(53)46(7)33(22-27-12-9-8-10-13-27)37(51)44-31(21-28-15-17-29(49)18-16-28)41(55)56-25(5)35(42-26(6)48)38(52)45-34(24(3)4)40(54)47-19-11-14-32(47)36(50)43-30/h8-10,12-13,15-18,23-25,30-35,49H,11,14,19-22H2,1-7H3,(H,42,48)(H,43,50)(H,44,51)(H,45,52)/t25-,30+,31+,32+,33+,34-,35+/m1/s1. The van der Waals surface area contributed by atoms with Crippen LogP contribution in [0.1, 0.15) is 71.9 Å². The summed E-state index contributed by atoms with van der Waals surface area (Å²) in [5.74, 6) is -5.10. The van der Waals surface area contributed by atoms with Crippen LogP contribution in [-0.4, -0.2) is 112 Å². The first-order valence-corrected chi connectivity index (χ1v) is 19.2. The lowest BCUT2D eigenvalue weighted by molar-refractivity contribution is -0.156. The molecule has 5 N–H and O–H groups in total. The zero-order valence-electron chi connectivity index (χ0n) is 33.2. The molecule has 0 aromatic heterocycles. The fourth-order valence-electron chi connectivity index (χ4n) is 7.12. The summed E-state index contributed by atoms with van der Waals surface area (Å²) < 4.78 is 5.82. The number of carbonyl (C=O) groups is 7. The number of rotatable bonds is 8. The fraction of sp³-hybridized carbons (Fsp3) is 0.537. The van der Waals surface area contributed by atoms with Crippen LogP contribution in [0.25, 0.3) is 0 Å². The maximum atomic E-state index is 14.4. The summed E-state index contributed by atoms with van der Waals surface area (Å²) in [7, 11) is 1.47. The molecule has 2 aliphatic rings. The van der Waals surface area contributed by atoms with E-state index in [0.29, 0.717) is 18.4 Å². The van der Waals surface area contributed by atoms with E-state index < -0.39 is 89.7 Å².